The molecular weight excluding hydrogens is 566 g/mol. The molecule has 3 aliphatic heterocycles. The maximum atomic E-state index is 14.7. The van der Waals surface area contributed by atoms with Gasteiger partial charge in [0.1, 0.15) is 17.3 Å². The van der Waals surface area contributed by atoms with Crippen LogP contribution in [0.3, 0.4) is 0 Å². The van der Waals surface area contributed by atoms with Crippen LogP contribution >= 0.6 is 11.6 Å². The fourth-order valence-electron chi connectivity index (χ4n) is 6.22. The Bertz CT molecular complexity index is 1360. The zero-order chi connectivity index (χ0) is 30.7. The Morgan fingerprint density at radius 1 is 1.23 bits per heavy atom. The minimum Gasteiger partial charge on any atom is -0.497 e. The number of alkyl halides is 1. The Hall–Kier alpha value is -3.46. The van der Waals surface area contributed by atoms with Gasteiger partial charge < -0.3 is 24.6 Å². The van der Waals surface area contributed by atoms with E-state index in [-0.39, 0.29) is 23.4 Å². The van der Waals surface area contributed by atoms with Gasteiger partial charge in [0.25, 0.3) is 0 Å². The molecule has 2 amide bonds. The van der Waals surface area contributed by atoms with Gasteiger partial charge in [-0.2, -0.15) is 5.10 Å². The lowest BCUT2D eigenvalue weighted by molar-refractivity contribution is 0.0625. The first kappa shape index (κ1) is 31.0. The standard InChI is InChI=1S/C32H44ClN7O3/c1-22-10-9-12-28(33)32(22,2)39-20-23-11-7-8-13-29(35-24-19-34-38(21-24)17-16-37(3)4)36-30(23)40(31(39)41)26-15-14-25(42-5)18-27(26)43-6/h8,11,14-15,18-19,22,24,28,35H,7,9-10,12,16-17,20-21H2,1-6H3/b23-11-,36-30+/t13?,22?,24?,28?,32-/m0/s1. The van der Waals surface area contributed by atoms with Crippen LogP contribution < -0.4 is 19.7 Å². The second-order valence-electron chi connectivity index (χ2n) is 12.1. The van der Waals surface area contributed by atoms with Crippen LogP contribution in [0.2, 0.25) is 0 Å². The zero-order valence-corrected chi connectivity index (χ0v) is 26.9. The Morgan fingerprint density at radius 2 is 2.05 bits per heavy atom. The number of amides is 2. The van der Waals surface area contributed by atoms with Crippen molar-refractivity contribution in [1.82, 2.24) is 20.1 Å². The molecule has 1 saturated carbocycles. The molecule has 1 N–H and O–H groups in total. The summed E-state index contributed by atoms with van der Waals surface area (Å²) in [7, 11) is 7.31. The molecule has 3 heterocycles. The number of halogens is 1. The molecular formula is C32H44ClN7O3. The lowest BCUT2D eigenvalue weighted by atomic mass is 9.73. The highest BCUT2D eigenvalue weighted by atomic mass is 35.5. The van der Waals surface area contributed by atoms with Crippen LogP contribution in [-0.4, -0.2) is 104 Å². The zero-order valence-electron chi connectivity index (χ0n) is 26.1. The number of carbonyl (C=O) groups is 1. The highest BCUT2D eigenvalue weighted by Crippen LogP contribution is 2.45. The number of hydrazone groups is 1. The van der Waals surface area contributed by atoms with Gasteiger partial charge in [-0.3, -0.25) is 5.01 Å². The number of ether oxygens (including phenoxy) is 2. The van der Waals surface area contributed by atoms with Crippen LogP contribution in [0.25, 0.3) is 0 Å². The summed E-state index contributed by atoms with van der Waals surface area (Å²) in [5.74, 6) is 2.48. The van der Waals surface area contributed by atoms with Crippen molar-refractivity contribution >= 4 is 35.4 Å². The predicted molar refractivity (Wildman–Crippen MR) is 172 cm³/mol. The highest BCUT2D eigenvalue weighted by Gasteiger charge is 2.52. The average molecular weight is 610 g/mol. The summed E-state index contributed by atoms with van der Waals surface area (Å²) in [6.07, 6.45) is 9.60. The van der Waals surface area contributed by atoms with Crippen LogP contribution in [0.4, 0.5) is 10.5 Å². The lowest BCUT2D eigenvalue weighted by Gasteiger charge is -2.54. The number of allylic oxidation sites excluding steroid dienone is 2. The van der Waals surface area contributed by atoms with E-state index < -0.39 is 5.54 Å². The summed E-state index contributed by atoms with van der Waals surface area (Å²) < 4.78 is 11.3. The van der Waals surface area contributed by atoms with Crippen LogP contribution in [-0.2, 0) is 0 Å². The Labute approximate surface area is 260 Å². The number of nitrogens with one attached hydrogen (secondary N) is 1. The molecule has 1 aromatic carbocycles. The number of nitrogens with zero attached hydrogens (tertiary/aromatic N) is 6. The molecule has 10 nitrogen and oxygen atoms in total. The SMILES string of the molecule is COc1ccc(N2C(=O)N([C@@]3(C)C(C)CCCC3Cl)CC3=C/CC=C=C(NC4C=NN(CCN(C)C)C4)/N=C\32)c(OC)c1. The molecule has 0 radical (unpaired) electrons. The van der Waals surface area contributed by atoms with Gasteiger partial charge in [0, 0.05) is 30.9 Å². The van der Waals surface area contributed by atoms with Gasteiger partial charge in [-0.15, -0.1) is 11.6 Å². The number of likely N-dealkylation sites (N-methyl/N-ethyl adjacent to an activating group) is 1. The van der Waals surface area contributed by atoms with Gasteiger partial charge in [0.15, 0.2) is 5.82 Å². The van der Waals surface area contributed by atoms with Crippen LogP contribution in [0, 0.1) is 5.92 Å². The number of anilines is 1. The topological polar surface area (TPSA) is 85.2 Å². The molecule has 0 bridgehead atoms. The number of amidine groups is 1. The molecule has 1 aliphatic carbocycles. The fraction of sp³-hybridized carbons (Fsp3) is 0.562. The van der Waals surface area contributed by atoms with Crippen molar-refractivity contribution in [3.05, 3.63) is 47.5 Å². The number of carbonyl (C=O) groups excluding carboxylic acids is 1. The molecule has 4 atom stereocenters. The second-order valence-corrected chi connectivity index (χ2v) is 12.6. The Morgan fingerprint density at radius 3 is 2.77 bits per heavy atom. The summed E-state index contributed by atoms with van der Waals surface area (Å²) in [6, 6.07) is 5.26. The summed E-state index contributed by atoms with van der Waals surface area (Å²) in [5, 5.41) is 9.95. The van der Waals surface area contributed by atoms with E-state index >= 15 is 0 Å². The van der Waals surface area contributed by atoms with Gasteiger partial charge in [0.05, 0.1) is 50.0 Å². The van der Waals surface area contributed by atoms with Crippen molar-refractivity contribution in [1.29, 1.82) is 0 Å². The van der Waals surface area contributed by atoms with Crippen LogP contribution in [0.1, 0.15) is 39.5 Å². The molecule has 11 heteroatoms. The summed E-state index contributed by atoms with van der Waals surface area (Å²) >= 11 is 7.06. The van der Waals surface area contributed by atoms with Crippen molar-refractivity contribution in [3.63, 3.8) is 0 Å². The largest absolute Gasteiger partial charge is 0.497 e. The first-order chi connectivity index (χ1) is 20.6. The van der Waals surface area contributed by atoms with Gasteiger partial charge in [-0.25, -0.2) is 14.7 Å². The quantitative estimate of drug-likeness (QED) is 0.323. The number of aliphatic imine (C=N–C) groups is 1. The van der Waals surface area contributed by atoms with Crippen molar-refractivity contribution in [2.24, 2.45) is 16.0 Å². The second kappa shape index (κ2) is 13.0. The summed E-state index contributed by atoms with van der Waals surface area (Å²) in [4.78, 5) is 25.6. The maximum Gasteiger partial charge on any atom is 0.331 e. The highest BCUT2D eigenvalue weighted by molar-refractivity contribution is 6.27. The third kappa shape index (κ3) is 6.28. The van der Waals surface area contributed by atoms with E-state index in [1.165, 1.54) is 0 Å². The van der Waals surface area contributed by atoms with Gasteiger partial charge >= 0.3 is 6.03 Å². The van der Waals surface area contributed by atoms with E-state index in [9.17, 15) is 4.79 Å². The molecule has 0 aromatic heterocycles. The normalized spacial score (nSPS) is 29.8. The molecule has 2 fully saturated rings. The van der Waals surface area contributed by atoms with Crippen molar-refractivity contribution in [2.75, 3.05) is 59.4 Å². The molecule has 0 spiro atoms. The number of fused-ring (bicyclic) bond motifs is 1. The minimum absolute atomic E-state index is 0.0342. The van der Waals surface area contributed by atoms with Crippen molar-refractivity contribution in [2.45, 2.75) is 56.5 Å². The molecule has 3 unspecified atom stereocenters. The van der Waals surface area contributed by atoms with E-state index in [0.29, 0.717) is 41.8 Å². The Kier molecular flexibility index (Phi) is 9.39. The van der Waals surface area contributed by atoms with Crippen molar-refractivity contribution < 1.29 is 14.3 Å². The molecule has 43 heavy (non-hydrogen) atoms. The molecule has 4 aliphatic rings. The third-order valence-corrected chi connectivity index (χ3v) is 9.73. The van der Waals surface area contributed by atoms with Crippen LogP contribution in [0.5, 0.6) is 11.5 Å². The number of hydrogen-bond acceptors (Lipinski definition) is 8. The summed E-state index contributed by atoms with van der Waals surface area (Å²) in [5.41, 5.74) is 4.31. The van der Waals surface area contributed by atoms with Crippen LogP contribution in [0.15, 0.2) is 57.6 Å². The van der Waals surface area contributed by atoms with E-state index in [1.54, 1.807) is 25.2 Å². The average Bonchev–Trinajstić information content (AvgIpc) is 3.43. The fourth-order valence-corrected chi connectivity index (χ4v) is 6.71. The first-order valence-corrected chi connectivity index (χ1v) is 15.5. The third-order valence-electron chi connectivity index (χ3n) is 9.07. The minimum atomic E-state index is -0.535. The number of rotatable bonds is 9. The van der Waals surface area contributed by atoms with Gasteiger partial charge in [-0.05, 0) is 64.4 Å². The smallest absolute Gasteiger partial charge is 0.331 e. The number of hydrogen-bond donors (Lipinski definition) is 1. The first-order valence-electron chi connectivity index (χ1n) is 15.1. The van der Waals surface area contributed by atoms with Gasteiger partial charge in [-0.1, -0.05) is 25.2 Å². The number of methoxy groups -OCH3 is 2. The monoisotopic (exact) mass is 609 g/mol. The van der Waals surface area contributed by atoms with Gasteiger partial charge in [0.2, 0.25) is 0 Å². The van der Waals surface area contributed by atoms with E-state index in [1.807, 2.05) is 29.3 Å². The molecule has 1 saturated heterocycles. The van der Waals surface area contributed by atoms with E-state index in [4.69, 9.17) is 26.1 Å². The maximum absolute atomic E-state index is 14.7. The summed E-state index contributed by atoms with van der Waals surface area (Å²) in [6.45, 7) is 7.24. The number of benzene rings is 1. The van der Waals surface area contributed by atoms with E-state index in [2.05, 4.69) is 60.1 Å². The Balaban J connectivity index is 1.54. The lowest BCUT2D eigenvalue weighted by Crippen LogP contribution is -2.67. The van der Waals surface area contributed by atoms with E-state index in [0.717, 1.165) is 44.5 Å². The van der Waals surface area contributed by atoms with Crippen molar-refractivity contribution in [3.8, 4) is 11.5 Å². The predicted octanol–water partition coefficient (Wildman–Crippen LogP) is 4.68. The molecule has 5 rings (SSSR count). The molecule has 1 aromatic rings. The molecule has 232 valence electrons. The number of urea groups is 1.